The van der Waals surface area contributed by atoms with Crippen molar-refractivity contribution in [3.05, 3.63) is 35.4 Å². The van der Waals surface area contributed by atoms with E-state index in [1.54, 1.807) is 0 Å². The highest BCUT2D eigenvalue weighted by atomic mass is 32.2. The molecule has 0 bridgehead atoms. The van der Waals surface area contributed by atoms with Crippen LogP contribution < -0.4 is 5.32 Å². The van der Waals surface area contributed by atoms with Gasteiger partial charge in [0, 0.05) is 11.8 Å². The Balaban J connectivity index is 1.97. The molecule has 1 aliphatic heterocycles. The van der Waals surface area contributed by atoms with Crippen LogP contribution in [0.25, 0.3) is 0 Å². The maximum absolute atomic E-state index is 4.65. The number of hydrogen-bond donors (Lipinski definition) is 1. The molecule has 0 saturated carbocycles. The molecule has 1 fully saturated rings. The molecule has 0 radical (unpaired) electrons. The lowest BCUT2D eigenvalue weighted by molar-refractivity contribution is 0.490. The Morgan fingerprint density at radius 1 is 1.41 bits per heavy atom. The molecule has 3 heteroatoms. The summed E-state index contributed by atoms with van der Waals surface area (Å²) in [5, 5.41) is 4.56. The van der Waals surface area contributed by atoms with Crippen molar-refractivity contribution < 1.29 is 0 Å². The van der Waals surface area contributed by atoms with Crippen LogP contribution in [0.4, 0.5) is 0 Å². The lowest BCUT2D eigenvalue weighted by atomic mass is 10.1. The van der Waals surface area contributed by atoms with Gasteiger partial charge in [-0.3, -0.25) is 4.99 Å². The van der Waals surface area contributed by atoms with Crippen molar-refractivity contribution in [1.82, 2.24) is 5.32 Å². The summed E-state index contributed by atoms with van der Waals surface area (Å²) in [6, 6.07) is 9.08. The second kappa shape index (κ2) is 5.58. The van der Waals surface area contributed by atoms with Gasteiger partial charge in [-0.05, 0) is 25.3 Å². The number of aryl methyl sites for hydroxylation is 1. The molecule has 92 valence electrons. The number of aliphatic imine (C=N–C) groups is 1. The summed E-state index contributed by atoms with van der Waals surface area (Å²) in [7, 11) is 0. The van der Waals surface area contributed by atoms with Crippen molar-refractivity contribution >= 4 is 16.9 Å². The van der Waals surface area contributed by atoms with Gasteiger partial charge in [0.2, 0.25) is 0 Å². The van der Waals surface area contributed by atoms with Gasteiger partial charge in [-0.15, -0.1) is 0 Å². The van der Waals surface area contributed by atoms with Crippen molar-refractivity contribution in [2.24, 2.45) is 10.9 Å². The number of benzene rings is 1. The Kier molecular flexibility index (Phi) is 4.11. The minimum atomic E-state index is 0.535. The number of amidine groups is 1. The smallest absolute Gasteiger partial charge is 0.157 e. The first-order valence-corrected chi connectivity index (χ1v) is 7.13. The summed E-state index contributed by atoms with van der Waals surface area (Å²) in [6.45, 7) is 7.40. The molecule has 2 atom stereocenters. The van der Waals surface area contributed by atoms with Gasteiger partial charge < -0.3 is 5.32 Å². The Hall–Kier alpha value is -0.960. The summed E-state index contributed by atoms with van der Waals surface area (Å²) in [5.74, 6) is 1.89. The van der Waals surface area contributed by atoms with Gasteiger partial charge in [-0.2, -0.15) is 0 Å². The molecule has 1 aliphatic rings. The Morgan fingerprint density at radius 3 is 2.94 bits per heavy atom. The van der Waals surface area contributed by atoms with Crippen LogP contribution >= 0.6 is 11.8 Å². The molecule has 2 nitrogen and oxygen atoms in total. The summed E-state index contributed by atoms with van der Waals surface area (Å²) < 4.78 is 0. The summed E-state index contributed by atoms with van der Waals surface area (Å²) in [6.07, 6.45) is 0. The molecule has 1 heterocycles. The van der Waals surface area contributed by atoms with Gasteiger partial charge >= 0.3 is 0 Å². The van der Waals surface area contributed by atoms with E-state index in [1.165, 1.54) is 16.9 Å². The van der Waals surface area contributed by atoms with E-state index >= 15 is 0 Å². The molecule has 1 saturated heterocycles. The van der Waals surface area contributed by atoms with Crippen LogP contribution in [0.5, 0.6) is 0 Å². The lowest BCUT2D eigenvalue weighted by Gasteiger charge is -2.28. The summed E-state index contributed by atoms with van der Waals surface area (Å²) >= 11 is 1.84. The molecular weight excluding hydrogens is 228 g/mol. The van der Waals surface area contributed by atoms with E-state index in [2.05, 4.69) is 55.3 Å². The summed E-state index contributed by atoms with van der Waals surface area (Å²) in [5.41, 5.74) is 2.58. The van der Waals surface area contributed by atoms with Crippen molar-refractivity contribution in [3.63, 3.8) is 0 Å². The maximum Gasteiger partial charge on any atom is 0.157 e. The first-order chi connectivity index (χ1) is 8.15. The molecular formula is C14H20N2S. The average Bonchev–Trinajstić information content (AvgIpc) is 2.31. The first kappa shape index (κ1) is 12.5. The standard InChI is InChI=1S/C14H20N2S/c1-10-5-4-6-13(7-10)8-15-14-16-12(3)11(2)9-17-14/h4-7,11-12H,8-9H2,1-3H3,(H,15,16). The predicted octanol–water partition coefficient (Wildman–Crippen LogP) is 3.21. The van der Waals surface area contributed by atoms with Crippen molar-refractivity contribution in [3.8, 4) is 0 Å². The number of thioether (sulfide) groups is 1. The van der Waals surface area contributed by atoms with Crippen molar-refractivity contribution in [2.75, 3.05) is 5.75 Å². The molecule has 2 unspecified atom stereocenters. The zero-order valence-electron chi connectivity index (χ0n) is 10.7. The van der Waals surface area contributed by atoms with E-state index in [4.69, 9.17) is 0 Å². The lowest BCUT2D eigenvalue weighted by Crippen LogP contribution is -2.41. The number of hydrogen-bond acceptors (Lipinski definition) is 2. The van der Waals surface area contributed by atoms with E-state index < -0.39 is 0 Å². The van der Waals surface area contributed by atoms with Crippen molar-refractivity contribution in [1.29, 1.82) is 0 Å². The normalized spacial score (nSPS) is 26.9. The molecule has 1 aromatic carbocycles. The van der Waals surface area contributed by atoms with E-state index in [0.717, 1.165) is 17.6 Å². The molecule has 1 aromatic rings. The molecule has 1 N–H and O–H groups in total. The maximum atomic E-state index is 4.65. The van der Waals surface area contributed by atoms with Gasteiger partial charge in [-0.25, -0.2) is 0 Å². The largest absolute Gasteiger partial charge is 0.362 e. The molecule has 2 rings (SSSR count). The van der Waals surface area contributed by atoms with E-state index in [1.807, 2.05) is 11.8 Å². The molecule has 17 heavy (non-hydrogen) atoms. The van der Waals surface area contributed by atoms with Crippen LogP contribution in [0.2, 0.25) is 0 Å². The van der Waals surface area contributed by atoms with Crippen LogP contribution in [0, 0.1) is 12.8 Å². The second-order valence-corrected chi connectivity index (χ2v) is 5.84. The van der Waals surface area contributed by atoms with E-state index in [9.17, 15) is 0 Å². The van der Waals surface area contributed by atoms with Crippen LogP contribution in [0.15, 0.2) is 29.3 Å². The fraction of sp³-hybridized carbons (Fsp3) is 0.500. The summed E-state index contributed by atoms with van der Waals surface area (Å²) in [4.78, 5) is 4.65. The van der Waals surface area contributed by atoms with E-state index in [0.29, 0.717) is 6.04 Å². The first-order valence-electron chi connectivity index (χ1n) is 6.14. The van der Waals surface area contributed by atoms with Gasteiger partial charge in [0.25, 0.3) is 0 Å². The van der Waals surface area contributed by atoms with Crippen LogP contribution in [-0.4, -0.2) is 17.0 Å². The van der Waals surface area contributed by atoms with Gasteiger partial charge in [0.15, 0.2) is 5.17 Å². The predicted molar refractivity (Wildman–Crippen MR) is 76.5 cm³/mol. The van der Waals surface area contributed by atoms with Crippen molar-refractivity contribution in [2.45, 2.75) is 33.4 Å². The Bertz CT molecular complexity index is 414. The molecule has 0 spiro atoms. The number of nitrogens with one attached hydrogen (secondary N) is 1. The minimum absolute atomic E-state index is 0.535. The quantitative estimate of drug-likeness (QED) is 0.869. The topological polar surface area (TPSA) is 24.4 Å². The van der Waals surface area contributed by atoms with E-state index in [-0.39, 0.29) is 0 Å². The zero-order chi connectivity index (χ0) is 12.3. The highest BCUT2D eigenvalue weighted by molar-refractivity contribution is 8.13. The zero-order valence-corrected chi connectivity index (χ0v) is 11.6. The second-order valence-electron chi connectivity index (χ2n) is 4.83. The van der Waals surface area contributed by atoms with Gasteiger partial charge in [-0.1, -0.05) is 48.5 Å². The molecule has 0 aromatic heterocycles. The highest BCUT2D eigenvalue weighted by Crippen LogP contribution is 2.19. The third-order valence-corrected chi connectivity index (χ3v) is 4.39. The third kappa shape index (κ3) is 3.50. The Labute approximate surface area is 108 Å². The van der Waals surface area contributed by atoms with Gasteiger partial charge in [0.05, 0.1) is 6.54 Å². The minimum Gasteiger partial charge on any atom is -0.362 e. The number of nitrogens with zero attached hydrogens (tertiary/aromatic N) is 1. The van der Waals surface area contributed by atoms with Crippen LogP contribution in [0.1, 0.15) is 25.0 Å². The SMILES string of the molecule is Cc1cccc(CN=C2NC(C)C(C)CS2)c1. The third-order valence-electron chi connectivity index (χ3n) is 3.18. The fourth-order valence-electron chi connectivity index (χ4n) is 1.80. The molecule has 0 amide bonds. The van der Waals surface area contributed by atoms with Gasteiger partial charge in [0.1, 0.15) is 0 Å². The molecule has 0 aliphatic carbocycles. The van der Waals surface area contributed by atoms with Crippen LogP contribution in [-0.2, 0) is 6.54 Å². The monoisotopic (exact) mass is 248 g/mol. The Morgan fingerprint density at radius 2 is 2.24 bits per heavy atom. The highest BCUT2D eigenvalue weighted by Gasteiger charge is 2.20. The fourth-order valence-corrected chi connectivity index (χ4v) is 2.93. The number of rotatable bonds is 2. The van der Waals surface area contributed by atoms with Crippen LogP contribution in [0.3, 0.4) is 0 Å². The average molecular weight is 248 g/mol.